The highest BCUT2D eigenvalue weighted by atomic mass is 32.2. The highest BCUT2D eigenvalue weighted by Gasteiger charge is 2.37. The van der Waals surface area contributed by atoms with Gasteiger partial charge >= 0.3 is 6.18 Å². The second-order valence-electron chi connectivity index (χ2n) is 29.5. The number of thiophene rings is 1. The van der Waals surface area contributed by atoms with Crippen LogP contribution in [0.15, 0.2) is 541 Å². The first-order chi connectivity index (χ1) is 66.9. The summed E-state index contributed by atoms with van der Waals surface area (Å²) >= 11 is 0. The first-order valence-electron chi connectivity index (χ1n) is 41.8. The average Bonchev–Trinajstić information content (AvgIpc) is 1.60. The van der Waals surface area contributed by atoms with Crippen LogP contribution in [0.4, 0.5) is 30.7 Å². The molecule has 15 nitrogen and oxygen atoms in total. The Labute approximate surface area is 835 Å². The van der Waals surface area contributed by atoms with E-state index in [9.17, 15) is 30.7 Å². The standard InChI is InChI=1S/C30H24S2.C19H14F3S.C18H11F4S.C18H13S.C18H15S.5CH4O3S/c1-5-13-25(14-6-1)31(26-15-7-2-8-16-26)29-21-23-30(24-22-29)32(27-17-9-3-10-18-27)28-19-11-4-12-20-28;20-19(21,22)15-8-7-13-18(14-15)23(16-9-3-1-4-10-16)17-11-5-2-6-12-17;19-12-6-13(20)9-17(8-12)23(16-4-2-1-3-5-16)18-10-14(21)7-15(22)11-18;1-2-8-14(9-3-1)19-17-12-6-4-10-15(17)16-11-5-7-13-18(16)19;1-4-10-16(11-5-1)19(17-12-6-2-7-13-17)18-14-8-3-9-15-18;5*1-5(2,3)4/h1-24H;1-14H;1-11H;1-13H;1-15H;5*1H3,(H,2,3,4)/q+2;4*+1;;;;;/p-5. The van der Waals surface area contributed by atoms with Crippen molar-refractivity contribution in [3.05, 3.63) is 496 Å². The molecule has 0 radical (unpaired) electrons. The Balaban J connectivity index is 0.000000187. The largest absolute Gasteiger partial charge is 0.748 e. The Kier molecular flexibility index (Phi) is 43.6. The van der Waals surface area contributed by atoms with Crippen LogP contribution in [0.1, 0.15) is 5.56 Å². The molecule has 0 saturated carbocycles. The van der Waals surface area contributed by atoms with E-state index < -0.39 is 107 Å². The molecule has 0 bridgehead atoms. The molecule has 0 atom stereocenters. The van der Waals surface area contributed by atoms with E-state index in [4.69, 9.17) is 64.9 Å². The van der Waals surface area contributed by atoms with E-state index in [0.29, 0.717) is 50.9 Å². The van der Waals surface area contributed by atoms with Gasteiger partial charge in [0.15, 0.2) is 87.7 Å². The van der Waals surface area contributed by atoms with E-state index >= 15 is 0 Å². The summed E-state index contributed by atoms with van der Waals surface area (Å²) in [7, 11) is -21.4. The Morgan fingerprint density at radius 1 is 0.199 bits per heavy atom. The van der Waals surface area contributed by atoms with Crippen LogP contribution in [0, 0.1) is 23.3 Å². The lowest BCUT2D eigenvalue weighted by Crippen LogP contribution is -2.09. The van der Waals surface area contributed by atoms with E-state index in [0.717, 1.165) is 28.0 Å². The van der Waals surface area contributed by atoms with Crippen LogP contribution < -0.4 is 0 Å². The zero-order valence-electron chi connectivity index (χ0n) is 75.7. The Bertz CT molecular complexity index is 6850. The van der Waals surface area contributed by atoms with Crippen LogP contribution in [0.5, 0.6) is 0 Å². The van der Waals surface area contributed by atoms with Gasteiger partial charge in [0.25, 0.3) is 0 Å². The second kappa shape index (κ2) is 54.7. The topological polar surface area (TPSA) is 286 Å². The van der Waals surface area contributed by atoms with Crippen molar-refractivity contribution in [2.45, 2.75) is 79.6 Å². The quantitative estimate of drug-likeness (QED) is 0.0493. The molecule has 0 aliphatic rings. The number of hydrogen-bond acceptors (Lipinski definition) is 15. The first kappa shape index (κ1) is 112. The van der Waals surface area contributed by atoms with E-state index in [1.54, 1.807) is 36.4 Å². The Morgan fingerprint density at radius 3 is 0.567 bits per heavy atom. The maximum Gasteiger partial charge on any atom is 0.416 e. The summed E-state index contributed by atoms with van der Waals surface area (Å²) in [5.41, 5.74) is -0.612. The molecule has 1 heterocycles. The summed E-state index contributed by atoms with van der Waals surface area (Å²) in [6.45, 7) is 0. The van der Waals surface area contributed by atoms with Gasteiger partial charge in [0.2, 0.25) is 0 Å². The lowest BCUT2D eigenvalue weighted by molar-refractivity contribution is -0.137. The van der Waals surface area contributed by atoms with Crippen molar-refractivity contribution in [1.82, 2.24) is 0 Å². The fourth-order valence-corrected chi connectivity index (χ4v) is 26.0. The zero-order chi connectivity index (χ0) is 102. The van der Waals surface area contributed by atoms with Crippen molar-refractivity contribution < 1.29 is 95.6 Å². The van der Waals surface area contributed by atoms with Crippen molar-refractivity contribution in [2.75, 3.05) is 31.3 Å². The van der Waals surface area contributed by atoms with Crippen molar-refractivity contribution >= 4 is 136 Å². The van der Waals surface area contributed by atoms with Gasteiger partial charge in [0, 0.05) is 95.0 Å². The SMILES string of the molecule is CS(=O)(=O)[O-].CS(=O)(=O)[O-].CS(=O)(=O)[O-].CS(=O)(=O)[O-].CS(=O)(=O)[O-].FC(F)(F)c1cccc([S+](c2ccccc2)c2ccccc2)c1.Fc1cc(F)cc([S+](c2ccccc2)c2cc(F)cc(F)c2)c1.c1ccc(-[s+]2c3ccccc3c3ccccc32)cc1.c1ccc([S+](c2ccccc2)c2ccc([S+](c3ccccc3)c3ccccc3)cc2)cc1.c1ccc([S+](c2ccccc2)c2ccccc2)cc1. The normalized spacial score (nSPS) is 11.2. The van der Waals surface area contributed by atoms with Gasteiger partial charge in [-0.1, -0.05) is 231 Å². The molecule has 0 aliphatic carbocycles. The molecule has 141 heavy (non-hydrogen) atoms. The number of benzene rings is 17. The molecular formula is C108H92F7O15S11+. The van der Waals surface area contributed by atoms with Gasteiger partial charge in [-0.05, 0) is 194 Å². The van der Waals surface area contributed by atoms with Crippen molar-refractivity contribution in [3.8, 4) is 4.90 Å². The fourth-order valence-electron chi connectivity index (χ4n) is 13.1. The van der Waals surface area contributed by atoms with Gasteiger partial charge in [0.05, 0.1) is 111 Å². The van der Waals surface area contributed by atoms with E-state index in [1.165, 1.54) is 106 Å². The monoisotopic (exact) mass is 2110 g/mol. The van der Waals surface area contributed by atoms with Gasteiger partial charge in [0.1, 0.15) is 23.3 Å². The third-order valence-electron chi connectivity index (χ3n) is 18.1. The summed E-state index contributed by atoms with van der Waals surface area (Å²) in [6, 6.07) is 153. The number of hydrogen-bond donors (Lipinski definition) is 0. The molecule has 17 aromatic carbocycles. The summed E-state index contributed by atoms with van der Waals surface area (Å²) < 4.78 is 233. The third kappa shape index (κ3) is 40.4. The molecule has 0 unspecified atom stereocenters. The Morgan fingerprint density at radius 2 is 0.362 bits per heavy atom. The highest BCUT2D eigenvalue weighted by Crippen LogP contribution is 2.48. The molecule has 0 spiro atoms. The second-order valence-corrected chi connectivity index (χ2v) is 48.6. The average molecular weight is 2120 g/mol. The lowest BCUT2D eigenvalue weighted by Gasteiger charge is -2.10. The minimum absolute atomic E-state index is 0.0146. The molecule has 0 amide bonds. The number of fused-ring (bicyclic) bond motifs is 3. The molecule has 728 valence electrons. The minimum atomic E-state index is -4.33. The molecule has 18 rings (SSSR count). The third-order valence-corrected chi connectivity index (χ3v) is 31.5. The van der Waals surface area contributed by atoms with Gasteiger partial charge < -0.3 is 22.8 Å². The molecule has 1 aromatic heterocycles. The van der Waals surface area contributed by atoms with Gasteiger partial charge in [-0.15, -0.1) is 0 Å². The lowest BCUT2D eigenvalue weighted by atomic mass is 10.2. The number of rotatable bonds is 16. The maximum atomic E-state index is 13.6. The highest BCUT2D eigenvalue weighted by molar-refractivity contribution is 7.98. The van der Waals surface area contributed by atoms with E-state index in [1.807, 2.05) is 60.7 Å². The molecule has 0 aliphatic heterocycles. The van der Waals surface area contributed by atoms with Crippen LogP contribution >= 0.6 is 10.5 Å². The first-order valence-corrected chi connectivity index (χ1v) is 58.2. The van der Waals surface area contributed by atoms with Crippen molar-refractivity contribution in [2.24, 2.45) is 0 Å². The van der Waals surface area contributed by atoms with Gasteiger partial charge in [-0.25, -0.2) is 59.7 Å². The predicted molar refractivity (Wildman–Crippen MR) is 549 cm³/mol. The van der Waals surface area contributed by atoms with E-state index in [2.05, 4.69) is 315 Å². The maximum absolute atomic E-state index is 13.6. The summed E-state index contributed by atoms with van der Waals surface area (Å²) in [6.07, 6.45) is -1.31. The van der Waals surface area contributed by atoms with E-state index in [-0.39, 0.29) is 43.2 Å². The van der Waals surface area contributed by atoms with Gasteiger partial charge in [-0.2, -0.15) is 13.2 Å². The summed E-state index contributed by atoms with van der Waals surface area (Å²) in [4.78, 5) is 17.6. The molecule has 0 fully saturated rings. The van der Waals surface area contributed by atoms with Crippen LogP contribution in [-0.2, 0) is 111 Å². The van der Waals surface area contributed by atoms with Crippen LogP contribution in [0.3, 0.4) is 0 Å². The molecule has 0 N–H and O–H groups in total. The molecule has 18 aromatic rings. The number of alkyl halides is 3. The smallest absolute Gasteiger partial charge is 0.416 e. The number of halogens is 7. The minimum Gasteiger partial charge on any atom is -0.748 e. The fraction of sp³-hybridized carbons (Fsp3) is 0.0556. The van der Waals surface area contributed by atoms with Crippen molar-refractivity contribution in [1.29, 1.82) is 0 Å². The van der Waals surface area contributed by atoms with Gasteiger partial charge in [-0.3, -0.25) is 0 Å². The molecule has 0 saturated heterocycles. The predicted octanol–water partition coefficient (Wildman–Crippen LogP) is 25.3. The molecular weight excluding hydrogens is 2020 g/mol. The summed E-state index contributed by atoms with van der Waals surface area (Å²) in [5.74, 6) is -2.92. The zero-order valence-corrected chi connectivity index (χ0v) is 84.7. The molecule has 33 heteroatoms. The van der Waals surface area contributed by atoms with Crippen LogP contribution in [0.2, 0.25) is 0 Å². The van der Waals surface area contributed by atoms with Crippen LogP contribution in [0.25, 0.3) is 25.1 Å². The summed E-state index contributed by atoms with van der Waals surface area (Å²) in [5, 5.41) is 2.79. The Hall–Kier alpha value is -12.2. The van der Waals surface area contributed by atoms with Crippen LogP contribution in [-0.4, -0.2) is 96.1 Å². The van der Waals surface area contributed by atoms with Crippen molar-refractivity contribution in [3.63, 3.8) is 0 Å².